The molecular weight excluding hydrogens is 290 g/mol. The van der Waals surface area contributed by atoms with Gasteiger partial charge in [-0.25, -0.2) is 0 Å². The molecule has 0 saturated heterocycles. The van der Waals surface area contributed by atoms with Gasteiger partial charge in [0.1, 0.15) is 18.1 Å². The molecule has 0 saturated carbocycles. The lowest BCUT2D eigenvalue weighted by atomic mass is 10.1. The van der Waals surface area contributed by atoms with Gasteiger partial charge in [0.25, 0.3) is 0 Å². The standard InChI is InChI=1S/C16H18ClNO3/c17-14-5-6-15(20)13(9-14)11-18-10-12-3-1-2-4-16(12)21-8-7-19/h1-6,9,18-20H,7-8,10-11H2. The Hall–Kier alpha value is -1.75. The fourth-order valence-corrected chi connectivity index (χ4v) is 2.17. The third-order valence-corrected chi connectivity index (χ3v) is 3.23. The van der Waals surface area contributed by atoms with E-state index >= 15 is 0 Å². The van der Waals surface area contributed by atoms with Crippen molar-refractivity contribution in [2.24, 2.45) is 0 Å². The summed E-state index contributed by atoms with van der Waals surface area (Å²) in [5.41, 5.74) is 1.74. The van der Waals surface area contributed by atoms with Gasteiger partial charge in [-0.2, -0.15) is 0 Å². The molecule has 0 aromatic heterocycles. The molecular formula is C16H18ClNO3. The minimum absolute atomic E-state index is 0.0157. The zero-order valence-electron chi connectivity index (χ0n) is 11.6. The summed E-state index contributed by atoms with van der Waals surface area (Å²) in [5.74, 6) is 0.964. The van der Waals surface area contributed by atoms with Crippen molar-refractivity contribution in [3.8, 4) is 11.5 Å². The first-order chi connectivity index (χ1) is 10.2. The summed E-state index contributed by atoms with van der Waals surface area (Å²) in [7, 11) is 0. The van der Waals surface area contributed by atoms with E-state index in [-0.39, 0.29) is 19.0 Å². The van der Waals surface area contributed by atoms with Gasteiger partial charge >= 0.3 is 0 Å². The van der Waals surface area contributed by atoms with Crippen LogP contribution in [0, 0.1) is 0 Å². The molecule has 2 aromatic carbocycles. The lowest BCUT2D eigenvalue weighted by Gasteiger charge is -2.12. The number of ether oxygens (including phenoxy) is 1. The van der Waals surface area contributed by atoms with Crippen molar-refractivity contribution < 1.29 is 14.9 Å². The number of aliphatic hydroxyl groups excluding tert-OH is 1. The fraction of sp³-hybridized carbons (Fsp3) is 0.250. The number of nitrogens with one attached hydrogen (secondary N) is 1. The molecule has 0 radical (unpaired) electrons. The molecule has 0 fully saturated rings. The van der Waals surface area contributed by atoms with Crippen LogP contribution in [0.2, 0.25) is 5.02 Å². The minimum atomic E-state index is -0.0157. The second kappa shape index (κ2) is 7.88. The van der Waals surface area contributed by atoms with Crippen LogP contribution in [0.3, 0.4) is 0 Å². The van der Waals surface area contributed by atoms with Crippen LogP contribution >= 0.6 is 11.6 Å². The first-order valence-corrected chi connectivity index (χ1v) is 7.08. The highest BCUT2D eigenvalue weighted by atomic mass is 35.5. The molecule has 2 rings (SSSR count). The van der Waals surface area contributed by atoms with Gasteiger partial charge in [-0.1, -0.05) is 29.8 Å². The molecule has 0 aliphatic carbocycles. The third kappa shape index (κ3) is 4.63. The van der Waals surface area contributed by atoms with Gasteiger partial charge in [0, 0.05) is 29.2 Å². The monoisotopic (exact) mass is 307 g/mol. The molecule has 21 heavy (non-hydrogen) atoms. The number of phenolic OH excluding ortho intramolecular Hbond substituents is 1. The molecule has 4 nitrogen and oxygen atoms in total. The van der Waals surface area contributed by atoms with Crippen LogP contribution in [0.5, 0.6) is 11.5 Å². The number of rotatable bonds is 7. The predicted octanol–water partition coefficient (Wildman–Crippen LogP) is 2.71. The Morgan fingerprint density at radius 2 is 1.81 bits per heavy atom. The van der Waals surface area contributed by atoms with Crippen molar-refractivity contribution in [3.05, 3.63) is 58.6 Å². The molecule has 112 valence electrons. The predicted molar refractivity (Wildman–Crippen MR) is 82.7 cm³/mol. The van der Waals surface area contributed by atoms with Gasteiger partial charge in [-0.05, 0) is 24.3 Å². The highest BCUT2D eigenvalue weighted by Crippen LogP contribution is 2.22. The van der Waals surface area contributed by atoms with Crippen molar-refractivity contribution in [2.75, 3.05) is 13.2 Å². The molecule has 0 aliphatic heterocycles. The Bertz CT molecular complexity index is 589. The number of aromatic hydroxyl groups is 1. The highest BCUT2D eigenvalue weighted by Gasteiger charge is 2.05. The zero-order valence-corrected chi connectivity index (χ0v) is 12.3. The van der Waals surface area contributed by atoms with E-state index in [1.165, 1.54) is 0 Å². The smallest absolute Gasteiger partial charge is 0.123 e. The van der Waals surface area contributed by atoms with Gasteiger partial charge < -0.3 is 20.3 Å². The van der Waals surface area contributed by atoms with Crippen molar-refractivity contribution in [3.63, 3.8) is 0 Å². The first kappa shape index (κ1) is 15.6. The highest BCUT2D eigenvalue weighted by molar-refractivity contribution is 6.30. The maximum atomic E-state index is 9.75. The minimum Gasteiger partial charge on any atom is -0.508 e. The van der Waals surface area contributed by atoms with Crippen molar-refractivity contribution in [1.82, 2.24) is 5.32 Å². The van der Waals surface area contributed by atoms with Crippen LogP contribution in [0.1, 0.15) is 11.1 Å². The summed E-state index contributed by atoms with van der Waals surface area (Å²) in [4.78, 5) is 0. The van der Waals surface area contributed by atoms with Gasteiger partial charge in [0.2, 0.25) is 0 Å². The Labute approximate surface area is 129 Å². The van der Waals surface area contributed by atoms with E-state index in [2.05, 4.69) is 5.32 Å². The average molecular weight is 308 g/mol. The van der Waals surface area contributed by atoms with E-state index in [1.807, 2.05) is 24.3 Å². The van der Waals surface area contributed by atoms with Crippen LogP contribution in [0.25, 0.3) is 0 Å². The average Bonchev–Trinajstić information content (AvgIpc) is 2.50. The quantitative estimate of drug-likeness (QED) is 0.736. The van der Waals surface area contributed by atoms with Crippen LogP contribution in [-0.2, 0) is 13.1 Å². The van der Waals surface area contributed by atoms with Crippen molar-refractivity contribution in [2.45, 2.75) is 13.1 Å². The topological polar surface area (TPSA) is 61.7 Å². The first-order valence-electron chi connectivity index (χ1n) is 6.70. The summed E-state index contributed by atoms with van der Waals surface area (Å²) < 4.78 is 5.47. The summed E-state index contributed by atoms with van der Waals surface area (Å²) >= 11 is 5.91. The second-order valence-electron chi connectivity index (χ2n) is 4.56. The Kier molecular flexibility index (Phi) is 5.87. The van der Waals surface area contributed by atoms with Crippen LogP contribution in [0.4, 0.5) is 0 Å². The third-order valence-electron chi connectivity index (χ3n) is 2.99. The van der Waals surface area contributed by atoms with E-state index in [4.69, 9.17) is 21.4 Å². The number of hydrogen-bond acceptors (Lipinski definition) is 4. The summed E-state index contributed by atoms with van der Waals surface area (Å²) in [6, 6.07) is 12.6. The molecule has 5 heteroatoms. The van der Waals surface area contributed by atoms with E-state index in [0.717, 1.165) is 16.9 Å². The molecule has 0 heterocycles. The Balaban J connectivity index is 1.95. The molecule has 0 amide bonds. The van der Waals surface area contributed by atoms with Gasteiger partial charge in [0.05, 0.1) is 6.61 Å². The van der Waals surface area contributed by atoms with E-state index in [9.17, 15) is 5.11 Å². The molecule has 2 aromatic rings. The maximum absolute atomic E-state index is 9.75. The maximum Gasteiger partial charge on any atom is 0.123 e. The van der Waals surface area contributed by atoms with Gasteiger partial charge in [0.15, 0.2) is 0 Å². The number of aliphatic hydroxyl groups is 1. The molecule has 0 unspecified atom stereocenters. The van der Waals surface area contributed by atoms with E-state index in [0.29, 0.717) is 18.1 Å². The summed E-state index contributed by atoms with van der Waals surface area (Å²) in [6.45, 7) is 1.35. The zero-order chi connectivity index (χ0) is 15.1. The lowest BCUT2D eigenvalue weighted by molar-refractivity contribution is 0.200. The lowest BCUT2D eigenvalue weighted by Crippen LogP contribution is -2.14. The number of phenols is 1. The van der Waals surface area contributed by atoms with Gasteiger partial charge in [-0.15, -0.1) is 0 Å². The number of benzene rings is 2. The number of hydrogen-bond donors (Lipinski definition) is 3. The molecule has 0 bridgehead atoms. The SMILES string of the molecule is OCCOc1ccccc1CNCc1cc(Cl)ccc1O. The van der Waals surface area contributed by atoms with Crippen LogP contribution in [0.15, 0.2) is 42.5 Å². The van der Waals surface area contributed by atoms with Crippen LogP contribution < -0.4 is 10.1 Å². The number of halogens is 1. The summed E-state index contributed by atoms with van der Waals surface area (Å²) in [6.07, 6.45) is 0. The molecule has 0 aliphatic rings. The normalized spacial score (nSPS) is 10.6. The Morgan fingerprint density at radius 3 is 2.62 bits per heavy atom. The fourth-order valence-electron chi connectivity index (χ4n) is 1.97. The molecule has 0 atom stereocenters. The second-order valence-corrected chi connectivity index (χ2v) is 4.99. The number of para-hydroxylation sites is 1. The molecule has 0 spiro atoms. The van der Waals surface area contributed by atoms with E-state index in [1.54, 1.807) is 18.2 Å². The van der Waals surface area contributed by atoms with Crippen molar-refractivity contribution in [1.29, 1.82) is 0 Å². The van der Waals surface area contributed by atoms with Crippen LogP contribution in [-0.4, -0.2) is 23.4 Å². The Morgan fingerprint density at radius 1 is 1.05 bits per heavy atom. The van der Waals surface area contributed by atoms with Gasteiger partial charge in [-0.3, -0.25) is 0 Å². The summed E-state index contributed by atoms with van der Waals surface area (Å²) in [5, 5.41) is 22.4. The van der Waals surface area contributed by atoms with E-state index < -0.39 is 0 Å². The molecule has 3 N–H and O–H groups in total. The van der Waals surface area contributed by atoms with Crippen molar-refractivity contribution >= 4 is 11.6 Å². The largest absolute Gasteiger partial charge is 0.508 e.